The van der Waals surface area contributed by atoms with Crippen LogP contribution in [-0.2, 0) is 14.6 Å². The summed E-state index contributed by atoms with van der Waals surface area (Å²) in [6.07, 6.45) is 0. The molecule has 2 aromatic carbocycles. The molecule has 0 spiro atoms. The van der Waals surface area contributed by atoms with Gasteiger partial charge >= 0.3 is 0 Å². The molecule has 0 bridgehead atoms. The average molecular weight is 345 g/mol. The van der Waals surface area contributed by atoms with Gasteiger partial charge in [0.1, 0.15) is 11.2 Å². The predicted molar refractivity (Wildman–Crippen MR) is 86.5 cm³/mol. The van der Waals surface area contributed by atoms with Crippen molar-refractivity contribution in [1.82, 2.24) is 0 Å². The lowest BCUT2D eigenvalue weighted by atomic mass is 10.0. The van der Waals surface area contributed by atoms with E-state index in [2.05, 4.69) is 6.07 Å². The van der Waals surface area contributed by atoms with E-state index in [-0.39, 0.29) is 11.5 Å². The number of hydrogen-bond acceptors (Lipinski definition) is 4. The zero-order valence-corrected chi connectivity index (χ0v) is 13.8. The van der Waals surface area contributed by atoms with E-state index in [1.807, 2.05) is 0 Å². The number of rotatable bonds is 5. The maximum absolute atomic E-state index is 13.2. The molecule has 0 unspecified atom stereocenters. The molecule has 0 radical (unpaired) electrons. The van der Waals surface area contributed by atoms with Crippen LogP contribution < -0.4 is 0 Å². The van der Waals surface area contributed by atoms with Crippen LogP contribution in [0.3, 0.4) is 0 Å². The van der Waals surface area contributed by atoms with Crippen LogP contribution >= 0.6 is 0 Å². The highest BCUT2D eigenvalue weighted by atomic mass is 32.2. The van der Waals surface area contributed by atoms with E-state index in [9.17, 15) is 18.1 Å². The molecular formula is C18H16FNO3S. The largest absolute Gasteiger partial charge is 0.383 e. The SMILES string of the molecule is COC[C@]1(C#N)[C@H](c2ccc(F)cc2)[C@H]1S(=O)(=O)c1ccccc1. The van der Waals surface area contributed by atoms with Crippen molar-refractivity contribution in [3.8, 4) is 6.07 Å². The van der Waals surface area contributed by atoms with Crippen molar-refractivity contribution >= 4 is 9.84 Å². The van der Waals surface area contributed by atoms with E-state index in [1.54, 1.807) is 18.2 Å². The van der Waals surface area contributed by atoms with Crippen molar-refractivity contribution in [3.05, 3.63) is 66.0 Å². The summed E-state index contributed by atoms with van der Waals surface area (Å²) in [4.78, 5) is 0.176. The van der Waals surface area contributed by atoms with Gasteiger partial charge in [-0.3, -0.25) is 0 Å². The summed E-state index contributed by atoms with van der Waals surface area (Å²) in [5.74, 6) is -0.954. The van der Waals surface area contributed by atoms with Crippen molar-refractivity contribution in [1.29, 1.82) is 5.26 Å². The molecule has 1 fully saturated rings. The minimum Gasteiger partial charge on any atom is -0.383 e. The Morgan fingerprint density at radius 2 is 1.79 bits per heavy atom. The van der Waals surface area contributed by atoms with Crippen molar-refractivity contribution < 1.29 is 17.5 Å². The normalized spacial score (nSPS) is 25.9. The Hall–Kier alpha value is -2.23. The zero-order chi connectivity index (χ0) is 17.4. The number of nitrogens with zero attached hydrogens (tertiary/aromatic N) is 1. The summed E-state index contributed by atoms with van der Waals surface area (Å²) in [5, 5.41) is 8.77. The third-order valence-corrected chi connectivity index (χ3v) is 6.77. The van der Waals surface area contributed by atoms with Crippen molar-refractivity contribution in [2.45, 2.75) is 16.1 Å². The van der Waals surface area contributed by atoms with Crippen LogP contribution in [0.1, 0.15) is 11.5 Å². The van der Waals surface area contributed by atoms with Gasteiger partial charge in [0.15, 0.2) is 9.84 Å². The van der Waals surface area contributed by atoms with Crippen LogP contribution in [0.25, 0.3) is 0 Å². The number of nitriles is 1. The van der Waals surface area contributed by atoms with Gasteiger partial charge in [0.2, 0.25) is 0 Å². The monoisotopic (exact) mass is 345 g/mol. The molecule has 4 nitrogen and oxygen atoms in total. The van der Waals surface area contributed by atoms with Gasteiger partial charge in [-0.2, -0.15) is 5.26 Å². The van der Waals surface area contributed by atoms with Crippen LogP contribution in [0.4, 0.5) is 4.39 Å². The highest BCUT2D eigenvalue weighted by molar-refractivity contribution is 7.92. The first kappa shape index (κ1) is 16.6. The Balaban J connectivity index is 2.08. The van der Waals surface area contributed by atoms with Gasteiger partial charge in [0.25, 0.3) is 0 Å². The maximum Gasteiger partial charge on any atom is 0.183 e. The molecule has 2 aromatic rings. The van der Waals surface area contributed by atoms with Crippen molar-refractivity contribution in [2.75, 3.05) is 13.7 Å². The summed E-state index contributed by atoms with van der Waals surface area (Å²) >= 11 is 0. The highest BCUT2D eigenvalue weighted by Crippen LogP contribution is 2.63. The number of sulfone groups is 1. The molecule has 0 heterocycles. The van der Waals surface area contributed by atoms with Gasteiger partial charge in [0.05, 0.1) is 22.8 Å². The highest BCUT2D eigenvalue weighted by Gasteiger charge is 2.72. The first-order valence-corrected chi connectivity index (χ1v) is 8.96. The number of halogens is 1. The Labute approximate surface area is 140 Å². The van der Waals surface area contributed by atoms with E-state index >= 15 is 0 Å². The topological polar surface area (TPSA) is 67.2 Å². The average Bonchev–Trinajstić information content (AvgIpc) is 3.26. The Bertz CT molecular complexity index is 875. The van der Waals surface area contributed by atoms with Gasteiger partial charge in [-0.15, -0.1) is 0 Å². The molecule has 0 saturated heterocycles. The van der Waals surface area contributed by atoms with Crippen LogP contribution in [0.5, 0.6) is 0 Å². The Morgan fingerprint density at radius 1 is 1.17 bits per heavy atom. The lowest BCUT2D eigenvalue weighted by Crippen LogP contribution is -2.19. The molecule has 1 aliphatic rings. The molecule has 0 N–H and O–H groups in total. The minimum atomic E-state index is -3.71. The lowest BCUT2D eigenvalue weighted by molar-refractivity contribution is 0.162. The molecule has 24 heavy (non-hydrogen) atoms. The quantitative estimate of drug-likeness (QED) is 0.836. The molecular weight excluding hydrogens is 329 g/mol. The second-order valence-electron chi connectivity index (χ2n) is 5.89. The van der Waals surface area contributed by atoms with Gasteiger partial charge in [-0.25, -0.2) is 12.8 Å². The lowest BCUT2D eigenvalue weighted by Gasteiger charge is -2.08. The number of ether oxygens (including phenoxy) is 1. The number of methoxy groups -OCH3 is 1. The molecule has 3 atom stereocenters. The van der Waals surface area contributed by atoms with E-state index in [0.717, 1.165) is 0 Å². The van der Waals surface area contributed by atoms with E-state index in [4.69, 9.17) is 4.74 Å². The van der Waals surface area contributed by atoms with Crippen LogP contribution in [-0.4, -0.2) is 27.4 Å². The van der Waals surface area contributed by atoms with Crippen LogP contribution in [0.15, 0.2) is 59.5 Å². The van der Waals surface area contributed by atoms with Gasteiger partial charge < -0.3 is 4.74 Å². The van der Waals surface area contributed by atoms with Crippen LogP contribution in [0.2, 0.25) is 0 Å². The number of benzene rings is 2. The second-order valence-corrected chi connectivity index (χ2v) is 7.96. The van der Waals surface area contributed by atoms with Crippen molar-refractivity contribution in [2.24, 2.45) is 5.41 Å². The van der Waals surface area contributed by atoms with Gasteiger partial charge in [-0.05, 0) is 29.8 Å². The number of hydrogen-bond donors (Lipinski definition) is 0. The molecule has 124 valence electrons. The van der Waals surface area contributed by atoms with Crippen LogP contribution in [0, 0.1) is 22.6 Å². The first-order valence-electron chi connectivity index (χ1n) is 7.42. The van der Waals surface area contributed by atoms with Gasteiger partial charge in [0, 0.05) is 13.0 Å². The van der Waals surface area contributed by atoms with E-state index in [1.165, 1.54) is 43.5 Å². The smallest absolute Gasteiger partial charge is 0.183 e. The third kappa shape index (κ3) is 2.50. The fourth-order valence-electron chi connectivity index (χ4n) is 3.34. The third-order valence-electron chi connectivity index (χ3n) is 4.48. The molecule has 1 aliphatic carbocycles. The maximum atomic E-state index is 13.2. The zero-order valence-electron chi connectivity index (χ0n) is 13.0. The molecule has 0 amide bonds. The summed E-state index contributed by atoms with van der Waals surface area (Å²) in [6.45, 7) is 0.00226. The first-order chi connectivity index (χ1) is 11.5. The summed E-state index contributed by atoms with van der Waals surface area (Å²) in [6, 6.07) is 15.8. The molecule has 3 rings (SSSR count). The summed E-state index contributed by atoms with van der Waals surface area (Å²) in [7, 11) is -2.28. The molecule has 6 heteroatoms. The molecule has 0 aromatic heterocycles. The Morgan fingerprint density at radius 3 is 2.33 bits per heavy atom. The molecule has 1 saturated carbocycles. The summed E-state index contributed by atoms with van der Waals surface area (Å²) in [5.41, 5.74) is -0.541. The Kier molecular flexibility index (Phi) is 4.16. The fourth-order valence-corrected chi connectivity index (χ4v) is 5.67. The van der Waals surface area contributed by atoms with E-state index in [0.29, 0.717) is 5.56 Å². The van der Waals surface area contributed by atoms with Crippen molar-refractivity contribution in [3.63, 3.8) is 0 Å². The fraction of sp³-hybridized carbons (Fsp3) is 0.278. The predicted octanol–water partition coefficient (Wildman–Crippen LogP) is 2.92. The second kappa shape index (κ2) is 6.00. The molecule has 0 aliphatic heterocycles. The standard InChI is InChI=1S/C18H16FNO3S/c1-23-12-18(11-20)16(13-7-9-14(19)10-8-13)17(18)24(21,22)15-5-3-2-4-6-15/h2-10,16-17H,12H2,1H3/t16-,17-,18-/m1/s1. The van der Waals surface area contributed by atoms with Gasteiger partial charge in [-0.1, -0.05) is 30.3 Å². The summed E-state index contributed by atoms with van der Waals surface area (Å²) < 4.78 is 44.3. The van der Waals surface area contributed by atoms with E-state index < -0.39 is 32.2 Å². The minimum absolute atomic E-state index is 0.00226.